The lowest BCUT2D eigenvalue weighted by Gasteiger charge is -2.10. The molecule has 0 bridgehead atoms. The Morgan fingerprint density at radius 1 is 1.64 bits per heavy atom. The third-order valence-electron chi connectivity index (χ3n) is 1.27. The fraction of sp³-hybridized carbons (Fsp3) is 0.500. The van der Waals surface area contributed by atoms with Gasteiger partial charge in [0.25, 0.3) is 0 Å². The first-order valence-corrected chi connectivity index (χ1v) is 4.08. The van der Waals surface area contributed by atoms with Gasteiger partial charge in [-0.05, 0) is 0 Å². The monoisotopic (exact) mass is 166 g/mol. The van der Waals surface area contributed by atoms with Gasteiger partial charge < -0.3 is 4.90 Å². The summed E-state index contributed by atoms with van der Waals surface area (Å²) in [6.07, 6.45) is 1.71. The molecule has 0 saturated carbocycles. The molecule has 0 spiro atoms. The standard InChI is InChI=1S/C6H6N4S/c7-1-2-10-3-4-11-6(10)9-5-8/h2-4H2. The largest absolute Gasteiger partial charge is 0.336 e. The van der Waals surface area contributed by atoms with Crippen LogP contribution in [0.5, 0.6) is 0 Å². The molecule has 56 valence electrons. The molecule has 11 heavy (non-hydrogen) atoms. The summed E-state index contributed by atoms with van der Waals surface area (Å²) >= 11 is 1.52. The molecule has 1 heterocycles. The zero-order valence-electron chi connectivity index (χ0n) is 5.82. The second kappa shape index (κ2) is 3.85. The average Bonchev–Trinajstić information content (AvgIpc) is 2.39. The van der Waals surface area contributed by atoms with Crippen molar-refractivity contribution in [3.05, 3.63) is 0 Å². The van der Waals surface area contributed by atoms with Crippen molar-refractivity contribution in [2.24, 2.45) is 4.99 Å². The van der Waals surface area contributed by atoms with Gasteiger partial charge in [-0.1, -0.05) is 11.8 Å². The van der Waals surface area contributed by atoms with E-state index in [2.05, 4.69) is 4.99 Å². The normalized spacial score (nSPS) is 19.8. The Morgan fingerprint density at radius 2 is 2.45 bits per heavy atom. The van der Waals surface area contributed by atoms with Gasteiger partial charge in [0.2, 0.25) is 6.19 Å². The summed E-state index contributed by atoms with van der Waals surface area (Å²) in [6, 6.07) is 2.02. The van der Waals surface area contributed by atoms with E-state index in [1.165, 1.54) is 11.8 Å². The Labute approximate surface area is 69.1 Å². The van der Waals surface area contributed by atoms with E-state index in [1.807, 2.05) is 6.07 Å². The van der Waals surface area contributed by atoms with Crippen LogP contribution in [-0.2, 0) is 0 Å². The van der Waals surface area contributed by atoms with Gasteiger partial charge in [0, 0.05) is 12.3 Å². The molecule has 0 unspecified atom stereocenters. The van der Waals surface area contributed by atoms with Crippen molar-refractivity contribution in [2.75, 3.05) is 18.8 Å². The molecule has 0 aromatic heterocycles. The number of rotatable bonds is 1. The van der Waals surface area contributed by atoms with E-state index in [9.17, 15) is 0 Å². The van der Waals surface area contributed by atoms with E-state index in [0.29, 0.717) is 11.7 Å². The van der Waals surface area contributed by atoms with Crippen LogP contribution in [-0.4, -0.2) is 28.9 Å². The summed E-state index contributed by atoms with van der Waals surface area (Å²) in [7, 11) is 0. The Kier molecular flexibility index (Phi) is 2.76. The Hall–Kier alpha value is -1.20. The van der Waals surface area contributed by atoms with E-state index >= 15 is 0 Å². The highest BCUT2D eigenvalue weighted by atomic mass is 32.2. The summed E-state index contributed by atoms with van der Waals surface area (Å²) < 4.78 is 0. The van der Waals surface area contributed by atoms with Crippen molar-refractivity contribution in [3.63, 3.8) is 0 Å². The van der Waals surface area contributed by atoms with Crippen LogP contribution in [0.2, 0.25) is 0 Å². The first-order valence-electron chi connectivity index (χ1n) is 3.10. The van der Waals surface area contributed by atoms with Crippen molar-refractivity contribution in [2.45, 2.75) is 0 Å². The molecule has 0 atom stereocenters. The number of amidine groups is 1. The Morgan fingerprint density at radius 3 is 3.09 bits per heavy atom. The van der Waals surface area contributed by atoms with Gasteiger partial charge in [-0.15, -0.1) is 4.99 Å². The van der Waals surface area contributed by atoms with Crippen LogP contribution < -0.4 is 0 Å². The first kappa shape index (κ1) is 7.90. The molecule has 0 aliphatic carbocycles. The first-order chi connectivity index (χ1) is 5.38. The van der Waals surface area contributed by atoms with Crippen molar-refractivity contribution in [1.29, 1.82) is 10.5 Å². The third kappa shape index (κ3) is 1.86. The highest BCUT2D eigenvalue weighted by Gasteiger charge is 2.18. The molecule has 1 rings (SSSR count). The van der Waals surface area contributed by atoms with Gasteiger partial charge in [0.1, 0.15) is 6.54 Å². The smallest absolute Gasteiger partial charge is 0.208 e. The number of thioether (sulfide) groups is 1. The SMILES string of the molecule is N#CCN1CCSC1=NC#N. The average molecular weight is 166 g/mol. The van der Waals surface area contributed by atoms with E-state index in [4.69, 9.17) is 10.5 Å². The molecular weight excluding hydrogens is 160 g/mol. The summed E-state index contributed by atoms with van der Waals surface area (Å²) in [4.78, 5) is 5.38. The van der Waals surface area contributed by atoms with Gasteiger partial charge in [-0.2, -0.15) is 10.5 Å². The predicted octanol–water partition coefficient (Wildman–Crippen LogP) is 0.396. The molecule has 1 saturated heterocycles. The predicted molar refractivity (Wildman–Crippen MR) is 42.7 cm³/mol. The van der Waals surface area contributed by atoms with Crippen molar-refractivity contribution >= 4 is 16.9 Å². The molecule has 0 radical (unpaired) electrons. The number of hydrogen-bond acceptors (Lipinski definition) is 4. The molecule has 0 amide bonds. The quantitative estimate of drug-likeness (QED) is 0.417. The molecular formula is C6H6N4S. The second-order valence-electron chi connectivity index (χ2n) is 1.92. The minimum Gasteiger partial charge on any atom is -0.336 e. The van der Waals surface area contributed by atoms with Gasteiger partial charge in [0.15, 0.2) is 5.17 Å². The second-order valence-corrected chi connectivity index (χ2v) is 2.98. The maximum atomic E-state index is 8.37. The summed E-state index contributed by atoms with van der Waals surface area (Å²) in [5, 5.41) is 17.3. The van der Waals surface area contributed by atoms with Crippen molar-refractivity contribution in [3.8, 4) is 12.3 Å². The topological polar surface area (TPSA) is 63.2 Å². The molecule has 1 aliphatic heterocycles. The lowest BCUT2D eigenvalue weighted by atomic mass is 10.6. The van der Waals surface area contributed by atoms with Crippen LogP contribution in [0.25, 0.3) is 0 Å². The highest BCUT2D eigenvalue weighted by Crippen LogP contribution is 2.16. The van der Waals surface area contributed by atoms with Crippen LogP contribution in [0.3, 0.4) is 0 Å². The summed E-state index contributed by atoms with van der Waals surface area (Å²) in [5.41, 5.74) is 0. The fourth-order valence-corrected chi connectivity index (χ4v) is 1.75. The Balaban J connectivity index is 2.61. The van der Waals surface area contributed by atoms with Crippen LogP contribution in [0.1, 0.15) is 0 Å². The fourth-order valence-electron chi connectivity index (χ4n) is 0.812. The number of nitriles is 2. The summed E-state index contributed by atoms with van der Waals surface area (Å²) in [6.45, 7) is 1.15. The van der Waals surface area contributed by atoms with Gasteiger partial charge >= 0.3 is 0 Å². The molecule has 4 nitrogen and oxygen atoms in total. The minimum atomic E-state index is 0.327. The van der Waals surface area contributed by atoms with E-state index < -0.39 is 0 Å². The highest BCUT2D eigenvalue weighted by molar-refractivity contribution is 8.14. The zero-order valence-corrected chi connectivity index (χ0v) is 6.63. The van der Waals surface area contributed by atoms with Crippen LogP contribution in [0.4, 0.5) is 0 Å². The van der Waals surface area contributed by atoms with Crippen LogP contribution >= 0.6 is 11.8 Å². The van der Waals surface area contributed by atoms with E-state index in [-0.39, 0.29) is 0 Å². The number of nitrogens with zero attached hydrogens (tertiary/aromatic N) is 4. The van der Waals surface area contributed by atoms with Crippen LogP contribution in [0.15, 0.2) is 4.99 Å². The zero-order chi connectivity index (χ0) is 8.10. The molecule has 0 N–H and O–H groups in total. The molecule has 5 heteroatoms. The van der Waals surface area contributed by atoms with Gasteiger partial charge in [0.05, 0.1) is 6.07 Å². The molecule has 0 aromatic rings. The summed E-state index contributed by atoms with van der Waals surface area (Å²) in [5.74, 6) is 0.919. The van der Waals surface area contributed by atoms with Gasteiger partial charge in [-0.3, -0.25) is 0 Å². The number of aliphatic imine (C=N–C) groups is 1. The van der Waals surface area contributed by atoms with Gasteiger partial charge in [-0.25, -0.2) is 0 Å². The number of hydrogen-bond donors (Lipinski definition) is 0. The van der Waals surface area contributed by atoms with E-state index in [1.54, 1.807) is 11.1 Å². The van der Waals surface area contributed by atoms with Crippen molar-refractivity contribution in [1.82, 2.24) is 4.90 Å². The minimum absolute atomic E-state index is 0.327. The lowest BCUT2D eigenvalue weighted by Crippen LogP contribution is -2.24. The molecule has 1 fully saturated rings. The lowest BCUT2D eigenvalue weighted by molar-refractivity contribution is 0.518. The third-order valence-corrected chi connectivity index (χ3v) is 2.26. The Bertz CT molecular complexity index is 246. The molecule has 1 aliphatic rings. The maximum absolute atomic E-state index is 8.37. The van der Waals surface area contributed by atoms with E-state index in [0.717, 1.165) is 12.3 Å². The van der Waals surface area contributed by atoms with Crippen molar-refractivity contribution < 1.29 is 0 Å². The maximum Gasteiger partial charge on any atom is 0.208 e. The molecule has 0 aromatic carbocycles. The van der Waals surface area contributed by atoms with Crippen LogP contribution in [0, 0.1) is 22.8 Å².